The molecule has 0 saturated carbocycles. The Morgan fingerprint density at radius 3 is 2.00 bits per heavy atom. The molecule has 1 rings (SSSR count). The van der Waals surface area contributed by atoms with Gasteiger partial charge in [0.1, 0.15) is 5.92 Å². The molecule has 0 aliphatic rings. The summed E-state index contributed by atoms with van der Waals surface area (Å²) in [6, 6.07) is 6.80. The lowest BCUT2D eigenvalue weighted by molar-refractivity contribution is -0.131. The molecule has 15 heavy (non-hydrogen) atoms. The summed E-state index contributed by atoms with van der Waals surface area (Å²) in [5.74, 6) is -2.39. The van der Waals surface area contributed by atoms with E-state index >= 15 is 0 Å². The van der Waals surface area contributed by atoms with Crippen molar-refractivity contribution in [1.29, 1.82) is 0 Å². The van der Waals surface area contributed by atoms with E-state index in [2.05, 4.69) is 0 Å². The van der Waals surface area contributed by atoms with Crippen LogP contribution in [0.5, 0.6) is 0 Å². The number of hydrogen-bond donors (Lipinski definition) is 2. The van der Waals surface area contributed by atoms with Gasteiger partial charge < -0.3 is 11.5 Å². The highest BCUT2D eigenvalue weighted by Crippen LogP contribution is 2.13. The standard InChI is InChI=1S/C10H11ClN2O2/c11-7-3-1-6(2-4-7)5-8(9(12)14)10(13)15/h1-4,8H,5H2,(H2,12,14)(H2,13,15). The highest BCUT2D eigenvalue weighted by molar-refractivity contribution is 6.30. The highest BCUT2D eigenvalue weighted by atomic mass is 35.5. The minimum atomic E-state index is -0.967. The molecule has 4 N–H and O–H groups in total. The third-order valence-corrected chi connectivity index (χ3v) is 2.29. The molecule has 1 aromatic rings. The van der Waals surface area contributed by atoms with Crippen LogP contribution in [0.15, 0.2) is 24.3 Å². The lowest BCUT2D eigenvalue weighted by Crippen LogP contribution is -2.36. The summed E-state index contributed by atoms with van der Waals surface area (Å²) < 4.78 is 0. The Bertz CT molecular complexity index is 362. The maximum absolute atomic E-state index is 10.9. The van der Waals surface area contributed by atoms with Crippen LogP contribution < -0.4 is 11.5 Å². The van der Waals surface area contributed by atoms with Crippen LogP contribution in [0.2, 0.25) is 5.02 Å². The average molecular weight is 227 g/mol. The van der Waals surface area contributed by atoms with Gasteiger partial charge in [-0.2, -0.15) is 0 Å². The van der Waals surface area contributed by atoms with Gasteiger partial charge >= 0.3 is 0 Å². The first-order chi connectivity index (χ1) is 7.00. The number of benzene rings is 1. The van der Waals surface area contributed by atoms with Crippen LogP contribution in [-0.4, -0.2) is 11.8 Å². The molecule has 80 valence electrons. The summed E-state index contributed by atoms with van der Waals surface area (Å²) in [5, 5.41) is 0.591. The van der Waals surface area contributed by atoms with E-state index in [-0.39, 0.29) is 6.42 Å². The van der Waals surface area contributed by atoms with Crippen molar-refractivity contribution in [3.63, 3.8) is 0 Å². The average Bonchev–Trinajstić information content (AvgIpc) is 2.15. The van der Waals surface area contributed by atoms with Gasteiger partial charge in [-0.15, -0.1) is 0 Å². The van der Waals surface area contributed by atoms with Crippen molar-refractivity contribution in [3.05, 3.63) is 34.9 Å². The molecule has 0 aliphatic carbocycles. The highest BCUT2D eigenvalue weighted by Gasteiger charge is 2.21. The Balaban J connectivity index is 2.79. The van der Waals surface area contributed by atoms with E-state index in [1.54, 1.807) is 24.3 Å². The summed E-state index contributed by atoms with van der Waals surface area (Å²) in [4.78, 5) is 21.8. The quantitative estimate of drug-likeness (QED) is 0.732. The second-order valence-corrected chi connectivity index (χ2v) is 3.62. The van der Waals surface area contributed by atoms with Crippen molar-refractivity contribution in [1.82, 2.24) is 0 Å². The molecule has 1 aromatic carbocycles. The fourth-order valence-electron chi connectivity index (χ4n) is 1.20. The van der Waals surface area contributed by atoms with Gasteiger partial charge in [0.05, 0.1) is 0 Å². The van der Waals surface area contributed by atoms with Crippen molar-refractivity contribution in [2.24, 2.45) is 17.4 Å². The molecule has 0 aromatic heterocycles. The zero-order valence-corrected chi connectivity index (χ0v) is 8.70. The first-order valence-electron chi connectivity index (χ1n) is 4.34. The fourth-order valence-corrected chi connectivity index (χ4v) is 1.32. The first-order valence-corrected chi connectivity index (χ1v) is 4.71. The number of nitrogens with two attached hydrogens (primary N) is 2. The van der Waals surface area contributed by atoms with Crippen LogP contribution in [0.4, 0.5) is 0 Å². The van der Waals surface area contributed by atoms with Crippen molar-refractivity contribution >= 4 is 23.4 Å². The zero-order chi connectivity index (χ0) is 11.4. The number of halogens is 1. The molecule has 0 fully saturated rings. The van der Waals surface area contributed by atoms with E-state index < -0.39 is 17.7 Å². The Labute approximate surface area is 92.2 Å². The monoisotopic (exact) mass is 226 g/mol. The smallest absolute Gasteiger partial charge is 0.230 e. The van der Waals surface area contributed by atoms with E-state index in [1.165, 1.54) is 0 Å². The van der Waals surface area contributed by atoms with E-state index in [1.807, 2.05) is 0 Å². The fraction of sp³-hybridized carbons (Fsp3) is 0.200. The lowest BCUT2D eigenvalue weighted by atomic mass is 9.98. The van der Waals surface area contributed by atoms with Crippen LogP contribution in [-0.2, 0) is 16.0 Å². The second-order valence-electron chi connectivity index (χ2n) is 3.19. The second kappa shape index (κ2) is 4.79. The van der Waals surface area contributed by atoms with Crippen LogP contribution in [0, 0.1) is 5.92 Å². The van der Waals surface area contributed by atoms with Gasteiger partial charge in [0, 0.05) is 5.02 Å². The number of amides is 2. The molecule has 4 nitrogen and oxygen atoms in total. The van der Waals surface area contributed by atoms with E-state index in [4.69, 9.17) is 23.1 Å². The minimum absolute atomic E-state index is 0.210. The molecule has 0 aliphatic heterocycles. The maximum atomic E-state index is 10.9. The van der Waals surface area contributed by atoms with E-state index in [0.29, 0.717) is 5.02 Å². The summed E-state index contributed by atoms with van der Waals surface area (Å²) in [5.41, 5.74) is 10.9. The number of carbonyl (C=O) groups is 2. The largest absolute Gasteiger partial charge is 0.369 e. The predicted molar refractivity (Wildman–Crippen MR) is 57.0 cm³/mol. The topological polar surface area (TPSA) is 86.2 Å². The molecule has 0 unspecified atom stereocenters. The van der Waals surface area contributed by atoms with Gasteiger partial charge in [0.15, 0.2) is 0 Å². The summed E-state index contributed by atoms with van der Waals surface area (Å²) in [6.45, 7) is 0. The molecule has 0 spiro atoms. The normalized spacial score (nSPS) is 10.3. The lowest BCUT2D eigenvalue weighted by Gasteiger charge is -2.08. The third-order valence-electron chi connectivity index (χ3n) is 2.04. The number of rotatable bonds is 4. The Morgan fingerprint density at radius 2 is 1.60 bits per heavy atom. The van der Waals surface area contributed by atoms with Gasteiger partial charge in [-0.25, -0.2) is 0 Å². The van der Waals surface area contributed by atoms with Gasteiger partial charge in [-0.05, 0) is 24.1 Å². The van der Waals surface area contributed by atoms with Crippen molar-refractivity contribution in [2.45, 2.75) is 6.42 Å². The summed E-state index contributed by atoms with van der Waals surface area (Å²) >= 11 is 5.69. The van der Waals surface area contributed by atoms with E-state index in [9.17, 15) is 9.59 Å². The third kappa shape index (κ3) is 3.25. The van der Waals surface area contributed by atoms with Crippen LogP contribution >= 0.6 is 11.6 Å². The molecule has 0 radical (unpaired) electrons. The number of carbonyl (C=O) groups excluding carboxylic acids is 2. The van der Waals surface area contributed by atoms with Gasteiger partial charge in [0.2, 0.25) is 11.8 Å². The first kappa shape index (κ1) is 11.5. The molecule has 0 atom stereocenters. The summed E-state index contributed by atoms with van der Waals surface area (Å²) in [6.07, 6.45) is 0.210. The molecule has 0 heterocycles. The molecular formula is C10H11ClN2O2. The zero-order valence-electron chi connectivity index (χ0n) is 7.94. The summed E-state index contributed by atoms with van der Waals surface area (Å²) in [7, 11) is 0. The molecule has 0 saturated heterocycles. The number of hydrogen-bond acceptors (Lipinski definition) is 2. The van der Waals surface area contributed by atoms with Gasteiger partial charge in [0.25, 0.3) is 0 Å². The van der Waals surface area contributed by atoms with Crippen molar-refractivity contribution in [3.8, 4) is 0 Å². The van der Waals surface area contributed by atoms with Crippen LogP contribution in [0.25, 0.3) is 0 Å². The number of primary amides is 2. The molecule has 5 heteroatoms. The van der Waals surface area contributed by atoms with Gasteiger partial charge in [-0.3, -0.25) is 9.59 Å². The Kier molecular flexibility index (Phi) is 3.68. The SMILES string of the molecule is NC(=O)C(Cc1ccc(Cl)cc1)C(N)=O. The van der Waals surface area contributed by atoms with Crippen molar-refractivity contribution in [2.75, 3.05) is 0 Å². The Hall–Kier alpha value is -1.55. The van der Waals surface area contributed by atoms with E-state index in [0.717, 1.165) is 5.56 Å². The van der Waals surface area contributed by atoms with Crippen LogP contribution in [0.3, 0.4) is 0 Å². The van der Waals surface area contributed by atoms with Crippen molar-refractivity contribution < 1.29 is 9.59 Å². The molecular weight excluding hydrogens is 216 g/mol. The minimum Gasteiger partial charge on any atom is -0.369 e. The molecule has 2 amide bonds. The molecule has 0 bridgehead atoms. The van der Waals surface area contributed by atoms with Gasteiger partial charge in [-0.1, -0.05) is 23.7 Å². The Morgan fingerprint density at radius 1 is 1.13 bits per heavy atom. The van der Waals surface area contributed by atoms with Crippen LogP contribution in [0.1, 0.15) is 5.56 Å². The predicted octanol–water partition coefficient (Wildman–Crippen LogP) is 0.469. The maximum Gasteiger partial charge on any atom is 0.230 e.